The maximum atomic E-state index is 12.7. The van der Waals surface area contributed by atoms with Gasteiger partial charge in [-0.3, -0.25) is 9.78 Å². The zero-order chi connectivity index (χ0) is 18.6. The summed E-state index contributed by atoms with van der Waals surface area (Å²) < 4.78 is 7.16. The average molecular weight is 361 g/mol. The number of rotatable bonds is 6. The van der Waals surface area contributed by atoms with Crippen LogP contribution < -0.4 is 5.32 Å². The number of aromatic nitrogens is 4. The minimum absolute atomic E-state index is 0.132. The second-order valence-corrected chi connectivity index (χ2v) is 6.17. The van der Waals surface area contributed by atoms with Crippen molar-refractivity contribution in [2.24, 2.45) is 0 Å². The Morgan fingerprint density at radius 3 is 2.93 bits per heavy atom. The first kappa shape index (κ1) is 17.0. The summed E-state index contributed by atoms with van der Waals surface area (Å²) in [6, 6.07) is 9.27. The number of hydrogen-bond acceptors (Lipinski definition) is 5. The summed E-state index contributed by atoms with van der Waals surface area (Å²) in [5.74, 6) is 0.637. The van der Waals surface area contributed by atoms with Gasteiger partial charge in [0.25, 0.3) is 5.91 Å². The molecule has 0 saturated heterocycles. The topological polar surface area (TPSA) is 85.8 Å². The Labute approximate surface area is 156 Å². The maximum absolute atomic E-state index is 12.7. The molecule has 0 radical (unpaired) electrons. The third-order valence-electron chi connectivity index (χ3n) is 4.23. The van der Waals surface area contributed by atoms with Crippen molar-refractivity contribution in [3.63, 3.8) is 0 Å². The Kier molecular flexibility index (Phi) is 4.65. The zero-order valence-corrected chi connectivity index (χ0v) is 14.9. The van der Waals surface area contributed by atoms with E-state index in [9.17, 15) is 4.79 Å². The number of pyridine rings is 2. The fourth-order valence-electron chi connectivity index (χ4n) is 2.90. The number of carbonyl (C=O) groups is 1. The molecule has 136 valence electrons. The van der Waals surface area contributed by atoms with Crippen LogP contribution in [0.3, 0.4) is 0 Å². The van der Waals surface area contributed by atoms with E-state index in [4.69, 9.17) is 9.40 Å². The quantitative estimate of drug-likeness (QED) is 0.570. The van der Waals surface area contributed by atoms with Crippen LogP contribution in [-0.4, -0.2) is 32.2 Å². The van der Waals surface area contributed by atoms with E-state index in [1.807, 2.05) is 31.2 Å². The molecule has 0 unspecified atom stereocenters. The van der Waals surface area contributed by atoms with Crippen LogP contribution >= 0.6 is 0 Å². The van der Waals surface area contributed by atoms with Gasteiger partial charge in [0.05, 0.1) is 29.1 Å². The van der Waals surface area contributed by atoms with Crippen molar-refractivity contribution in [2.45, 2.75) is 19.9 Å². The number of fused-ring (bicyclic) bond motifs is 1. The van der Waals surface area contributed by atoms with E-state index in [0.29, 0.717) is 35.4 Å². The highest BCUT2D eigenvalue weighted by Gasteiger charge is 2.18. The Morgan fingerprint density at radius 2 is 2.19 bits per heavy atom. The molecule has 0 fully saturated rings. The van der Waals surface area contributed by atoms with E-state index in [0.717, 1.165) is 17.7 Å². The molecule has 0 saturated carbocycles. The van der Waals surface area contributed by atoms with Crippen LogP contribution in [0, 0.1) is 0 Å². The van der Waals surface area contributed by atoms with Crippen LogP contribution in [0.5, 0.6) is 0 Å². The lowest BCUT2D eigenvalue weighted by atomic mass is 10.1. The van der Waals surface area contributed by atoms with Crippen molar-refractivity contribution in [3.8, 4) is 11.3 Å². The summed E-state index contributed by atoms with van der Waals surface area (Å²) in [6.45, 7) is 3.08. The highest BCUT2D eigenvalue weighted by atomic mass is 16.3. The molecule has 0 spiro atoms. The molecule has 0 aliphatic carbocycles. The van der Waals surface area contributed by atoms with Crippen molar-refractivity contribution in [2.75, 3.05) is 6.54 Å². The predicted octanol–water partition coefficient (Wildman–Crippen LogP) is 3.27. The molecule has 0 aliphatic rings. The minimum Gasteiger partial charge on any atom is -0.467 e. The lowest BCUT2D eigenvalue weighted by Crippen LogP contribution is -2.24. The van der Waals surface area contributed by atoms with Gasteiger partial charge in [-0.2, -0.15) is 5.10 Å². The molecule has 0 aromatic carbocycles. The first-order valence-electron chi connectivity index (χ1n) is 8.84. The van der Waals surface area contributed by atoms with Crippen molar-refractivity contribution in [1.29, 1.82) is 0 Å². The van der Waals surface area contributed by atoms with Crippen LogP contribution in [0.15, 0.2) is 59.6 Å². The first-order valence-corrected chi connectivity index (χ1v) is 8.84. The second-order valence-electron chi connectivity index (χ2n) is 6.17. The molecule has 1 N–H and O–H groups in total. The molecule has 7 nitrogen and oxygen atoms in total. The van der Waals surface area contributed by atoms with Gasteiger partial charge in [0.1, 0.15) is 12.3 Å². The van der Waals surface area contributed by atoms with E-state index in [-0.39, 0.29) is 5.91 Å². The van der Waals surface area contributed by atoms with Gasteiger partial charge in [0, 0.05) is 24.5 Å². The Bertz CT molecular complexity index is 1050. The van der Waals surface area contributed by atoms with E-state index >= 15 is 0 Å². The fraction of sp³-hybridized carbons (Fsp3) is 0.200. The summed E-state index contributed by atoms with van der Waals surface area (Å²) in [5.41, 5.74) is 2.71. The molecule has 0 atom stereocenters. The highest BCUT2D eigenvalue weighted by Crippen LogP contribution is 2.25. The van der Waals surface area contributed by atoms with Gasteiger partial charge in [-0.25, -0.2) is 9.67 Å². The average Bonchev–Trinajstić information content (AvgIpc) is 3.36. The normalized spacial score (nSPS) is 11.0. The van der Waals surface area contributed by atoms with Gasteiger partial charge in [-0.05, 0) is 36.8 Å². The van der Waals surface area contributed by atoms with Gasteiger partial charge < -0.3 is 9.73 Å². The summed E-state index contributed by atoms with van der Waals surface area (Å²) in [7, 11) is 0. The Hall–Kier alpha value is -3.48. The van der Waals surface area contributed by atoms with Gasteiger partial charge >= 0.3 is 0 Å². The molecule has 4 rings (SSSR count). The molecule has 0 aliphatic heterocycles. The van der Waals surface area contributed by atoms with Crippen LogP contribution in [0.1, 0.15) is 29.5 Å². The number of carbonyl (C=O) groups excluding carboxylic acids is 1. The number of furan rings is 1. The molecule has 27 heavy (non-hydrogen) atoms. The van der Waals surface area contributed by atoms with Crippen molar-refractivity contribution in [1.82, 2.24) is 25.1 Å². The molecular weight excluding hydrogens is 342 g/mol. The number of nitrogens with zero attached hydrogens (tertiary/aromatic N) is 4. The minimum atomic E-state index is -0.132. The highest BCUT2D eigenvalue weighted by molar-refractivity contribution is 6.06. The SMILES string of the molecule is CCCNC(=O)c1cc(-c2cccnc2)nc2c1cnn2Cc1ccco1. The van der Waals surface area contributed by atoms with Gasteiger partial charge in [-0.15, -0.1) is 0 Å². The summed E-state index contributed by atoms with van der Waals surface area (Å²) in [5, 5.41) is 8.07. The lowest BCUT2D eigenvalue weighted by Gasteiger charge is -2.09. The number of nitrogens with one attached hydrogen (secondary N) is 1. The smallest absolute Gasteiger partial charge is 0.252 e. The summed E-state index contributed by atoms with van der Waals surface area (Å²) >= 11 is 0. The van der Waals surface area contributed by atoms with Crippen molar-refractivity contribution < 1.29 is 9.21 Å². The Balaban J connectivity index is 1.84. The van der Waals surface area contributed by atoms with E-state index in [2.05, 4.69) is 15.4 Å². The number of hydrogen-bond donors (Lipinski definition) is 1. The van der Waals surface area contributed by atoms with E-state index < -0.39 is 0 Å². The molecule has 0 bridgehead atoms. The lowest BCUT2D eigenvalue weighted by molar-refractivity contribution is 0.0955. The van der Waals surface area contributed by atoms with Crippen LogP contribution in [0.2, 0.25) is 0 Å². The monoisotopic (exact) mass is 361 g/mol. The summed E-state index contributed by atoms with van der Waals surface area (Å²) in [4.78, 5) is 21.6. The second kappa shape index (κ2) is 7.41. The van der Waals surface area contributed by atoms with E-state index in [1.165, 1.54) is 0 Å². The maximum Gasteiger partial charge on any atom is 0.252 e. The first-order chi connectivity index (χ1) is 13.3. The van der Waals surface area contributed by atoms with Gasteiger partial charge in [-0.1, -0.05) is 6.92 Å². The van der Waals surface area contributed by atoms with Crippen LogP contribution in [-0.2, 0) is 6.54 Å². The molecule has 1 amide bonds. The van der Waals surface area contributed by atoms with E-state index in [1.54, 1.807) is 35.6 Å². The van der Waals surface area contributed by atoms with Crippen molar-refractivity contribution >= 4 is 16.9 Å². The predicted molar refractivity (Wildman–Crippen MR) is 101 cm³/mol. The molecule has 4 aromatic heterocycles. The van der Waals surface area contributed by atoms with Gasteiger partial charge in [0.15, 0.2) is 5.65 Å². The zero-order valence-electron chi connectivity index (χ0n) is 14.9. The molecule has 4 heterocycles. The third-order valence-corrected chi connectivity index (χ3v) is 4.23. The fourth-order valence-corrected chi connectivity index (χ4v) is 2.90. The molecule has 4 aromatic rings. The standard InChI is InChI=1S/C20H19N5O2/c1-2-7-22-20(26)16-10-18(14-5-3-8-21-11-14)24-19-17(16)12-23-25(19)13-15-6-4-9-27-15/h3-6,8-12H,2,7,13H2,1H3,(H,22,26). The largest absolute Gasteiger partial charge is 0.467 e. The van der Waals surface area contributed by atoms with Crippen molar-refractivity contribution in [3.05, 3.63) is 66.5 Å². The Morgan fingerprint density at radius 1 is 1.26 bits per heavy atom. The number of amides is 1. The van der Waals surface area contributed by atoms with Crippen LogP contribution in [0.25, 0.3) is 22.3 Å². The van der Waals surface area contributed by atoms with Gasteiger partial charge in [0.2, 0.25) is 0 Å². The third kappa shape index (κ3) is 3.44. The molecule has 7 heteroatoms. The summed E-state index contributed by atoms with van der Waals surface area (Å²) in [6.07, 6.45) is 7.61. The molecular formula is C20H19N5O2. The van der Waals surface area contributed by atoms with Crippen LogP contribution in [0.4, 0.5) is 0 Å².